The molecule has 52 valence electrons. The molecule has 0 radical (unpaired) electrons. The van der Waals surface area contributed by atoms with Gasteiger partial charge in [0.2, 0.25) is 0 Å². The van der Waals surface area contributed by atoms with Crippen LogP contribution in [0, 0.1) is 0 Å². The summed E-state index contributed by atoms with van der Waals surface area (Å²) in [5, 5.41) is 0. The normalized spacial score (nSPS) is 13.8. The largest absolute Gasteiger partial charge is 0.199 e. The van der Waals surface area contributed by atoms with Crippen LogP contribution in [0.5, 0.6) is 0 Å². The van der Waals surface area contributed by atoms with E-state index in [9.17, 15) is 0 Å². The standard InChI is InChI=1S/C7H13ClSi/c1-4-6-9(3,8)7-5-2/h4-7H,1-3H3/b6-4+,7-5+. The van der Waals surface area contributed by atoms with Crippen LogP contribution in [0.1, 0.15) is 13.8 Å². The monoisotopic (exact) mass is 160 g/mol. The van der Waals surface area contributed by atoms with Crippen LogP contribution in [-0.2, 0) is 0 Å². The van der Waals surface area contributed by atoms with E-state index in [0.29, 0.717) is 0 Å². The average Bonchev–Trinajstić information content (AvgIpc) is 1.64. The van der Waals surface area contributed by atoms with Gasteiger partial charge in [-0.15, -0.1) is 0 Å². The third-order valence-electron chi connectivity index (χ3n) is 0.985. The Morgan fingerprint density at radius 2 is 1.44 bits per heavy atom. The Morgan fingerprint density at radius 3 is 1.67 bits per heavy atom. The van der Waals surface area contributed by atoms with E-state index in [1.807, 2.05) is 26.0 Å². The van der Waals surface area contributed by atoms with E-state index in [-0.39, 0.29) is 0 Å². The van der Waals surface area contributed by atoms with Gasteiger partial charge in [-0.05, 0) is 20.4 Å². The summed E-state index contributed by atoms with van der Waals surface area (Å²) in [6.07, 6.45) is 4.03. The summed E-state index contributed by atoms with van der Waals surface area (Å²) in [5.74, 6) is 0. The molecule has 0 aromatic rings. The van der Waals surface area contributed by atoms with Crippen molar-refractivity contribution in [1.82, 2.24) is 0 Å². The molecule has 0 bridgehead atoms. The van der Waals surface area contributed by atoms with Crippen molar-refractivity contribution in [3.63, 3.8) is 0 Å². The molecule has 0 fully saturated rings. The van der Waals surface area contributed by atoms with Gasteiger partial charge in [0, 0.05) is 0 Å². The minimum atomic E-state index is -1.59. The van der Waals surface area contributed by atoms with E-state index in [0.717, 1.165) is 0 Å². The molecule has 0 nitrogen and oxygen atoms in total. The van der Waals surface area contributed by atoms with Crippen molar-refractivity contribution in [2.45, 2.75) is 20.4 Å². The van der Waals surface area contributed by atoms with Gasteiger partial charge in [-0.25, -0.2) is 0 Å². The topological polar surface area (TPSA) is 0 Å². The van der Waals surface area contributed by atoms with Gasteiger partial charge in [-0.2, -0.15) is 11.1 Å². The second kappa shape index (κ2) is 3.91. The van der Waals surface area contributed by atoms with Crippen molar-refractivity contribution < 1.29 is 0 Å². The number of halogens is 1. The summed E-state index contributed by atoms with van der Waals surface area (Å²) < 4.78 is 0. The van der Waals surface area contributed by atoms with Crippen LogP contribution in [0.4, 0.5) is 0 Å². The number of allylic oxidation sites excluding steroid dienone is 2. The zero-order valence-corrected chi connectivity index (χ0v) is 7.94. The summed E-state index contributed by atoms with van der Waals surface area (Å²) in [6.45, 7) is 6.09. The molecule has 0 unspecified atom stereocenters. The summed E-state index contributed by atoms with van der Waals surface area (Å²) in [6, 6.07) is 0. The average molecular weight is 161 g/mol. The van der Waals surface area contributed by atoms with E-state index in [4.69, 9.17) is 11.1 Å². The first kappa shape index (κ1) is 8.99. The third-order valence-corrected chi connectivity index (χ3v) is 3.71. The molecule has 0 rings (SSSR count). The fourth-order valence-electron chi connectivity index (χ4n) is 0.707. The minimum Gasteiger partial charge on any atom is -0.156 e. The molecule has 2 heteroatoms. The fourth-order valence-corrected chi connectivity index (χ4v) is 2.88. The minimum absolute atomic E-state index is 1.59. The highest BCUT2D eigenvalue weighted by Crippen LogP contribution is 2.11. The van der Waals surface area contributed by atoms with Gasteiger partial charge in [-0.3, -0.25) is 0 Å². The van der Waals surface area contributed by atoms with Gasteiger partial charge in [0.25, 0.3) is 0 Å². The van der Waals surface area contributed by atoms with E-state index in [1.165, 1.54) is 0 Å². The van der Waals surface area contributed by atoms with Crippen LogP contribution in [0.15, 0.2) is 23.6 Å². The second-order valence-corrected chi connectivity index (χ2v) is 7.56. The molecule has 0 atom stereocenters. The molecular formula is C7H13ClSi. The van der Waals surface area contributed by atoms with Gasteiger partial charge in [0.15, 0.2) is 7.38 Å². The van der Waals surface area contributed by atoms with Gasteiger partial charge < -0.3 is 0 Å². The Kier molecular flexibility index (Phi) is 3.90. The first-order valence-corrected chi connectivity index (χ1v) is 6.75. The van der Waals surface area contributed by atoms with Gasteiger partial charge in [0.05, 0.1) is 0 Å². The lowest BCUT2D eigenvalue weighted by molar-refractivity contribution is 1.74. The summed E-state index contributed by atoms with van der Waals surface area (Å²) in [5.41, 5.74) is 4.18. The van der Waals surface area contributed by atoms with Crippen LogP contribution in [-0.4, -0.2) is 7.38 Å². The predicted octanol–water partition coefficient (Wildman–Crippen LogP) is 3.03. The molecular weight excluding hydrogens is 148 g/mol. The molecule has 0 aromatic carbocycles. The van der Waals surface area contributed by atoms with Crippen molar-refractivity contribution in [2.24, 2.45) is 0 Å². The molecule has 0 aromatic heterocycles. The third kappa shape index (κ3) is 4.49. The molecule has 0 saturated carbocycles. The summed E-state index contributed by atoms with van der Waals surface area (Å²) >= 11 is 6.10. The number of hydrogen-bond acceptors (Lipinski definition) is 0. The van der Waals surface area contributed by atoms with Crippen LogP contribution in [0.2, 0.25) is 6.55 Å². The van der Waals surface area contributed by atoms with E-state index in [2.05, 4.69) is 17.9 Å². The Hall–Kier alpha value is -0.0131. The Labute approximate surface area is 62.9 Å². The highest BCUT2D eigenvalue weighted by atomic mass is 35.6. The zero-order valence-electron chi connectivity index (χ0n) is 6.19. The van der Waals surface area contributed by atoms with Crippen LogP contribution in [0.25, 0.3) is 0 Å². The molecule has 0 amide bonds. The maximum absolute atomic E-state index is 6.10. The SMILES string of the molecule is C/C=C/[Si](C)(Cl)/C=C/C. The van der Waals surface area contributed by atoms with E-state index < -0.39 is 7.38 Å². The number of rotatable bonds is 2. The molecule has 0 saturated heterocycles. The quantitative estimate of drug-likeness (QED) is 0.431. The fraction of sp³-hybridized carbons (Fsp3) is 0.429. The van der Waals surface area contributed by atoms with Crippen LogP contribution in [0.3, 0.4) is 0 Å². The van der Waals surface area contributed by atoms with Gasteiger partial charge in [0.1, 0.15) is 0 Å². The Balaban J connectivity index is 4.01. The maximum Gasteiger partial charge on any atom is 0.199 e. The van der Waals surface area contributed by atoms with E-state index >= 15 is 0 Å². The molecule has 0 spiro atoms. The lowest BCUT2D eigenvalue weighted by Gasteiger charge is -2.05. The predicted molar refractivity (Wildman–Crippen MR) is 47.1 cm³/mol. The first-order chi connectivity index (χ1) is 4.12. The van der Waals surface area contributed by atoms with Crippen molar-refractivity contribution in [1.29, 1.82) is 0 Å². The first-order valence-electron chi connectivity index (χ1n) is 3.09. The van der Waals surface area contributed by atoms with Crippen molar-refractivity contribution in [3.8, 4) is 0 Å². The second-order valence-electron chi connectivity index (χ2n) is 2.15. The Morgan fingerprint density at radius 1 is 1.11 bits per heavy atom. The van der Waals surface area contributed by atoms with Gasteiger partial charge >= 0.3 is 0 Å². The van der Waals surface area contributed by atoms with E-state index in [1.54, 1.807) is 0 Å². The lowest BCUT2D eigenvalue weighted by atomic mass is 10.8. The highest BCUT2D eigenvalue weighted by Gasteiger charge is 2.13. The Bertz CT molecular complexity index is 111. The summed E-state index contributed by atoms with van der Waals surface area (Å²) in [4.78, 5) is 0. The maximum atomic E-state index is 6.10. The van der Waals surface area contributed by atoms with Crippen LogP contribution >= 0.6 is 11.1 Å². The van der Waals surface area contributed by atoms with Crippen molar-refractivity contribution >= 4 is 18.5 Å². The number of hydrogen-bond donors (Lipinski definition) is 0. The molecule has 0 N–H and O–H groups in total. The zero-order chi connectivity index (χ0) is 7.33. The molecule has 0 heterocycles. The van der Waals surface area contributed by atoms with Crippen molar-refractivity contribution in [2.75, 3.05) is 0 Å². The van der Waals surface area contributed by atoms with Crippen molar-refractivity contribution in [3.05, 3.63) is 23.6 Å². The molecule has 0 aliphatic rings. The smallest absolute Gasteiger partial charge is 0.156 e. The lowest BCUT2D eigenvalue weighted by Crippen LogP contribution is -2.14. The van der Waals surface area contributed by atoms with Gasteiger partial charge in [-0.1, -0.05) is 23.6 Å². The molecule has 0 aliphatic carbocycles. The molecule has 0 aliphatic heterocycles. The molecule has 9 heavy (non-hydrogen) atoms. The van der Waals surface area contributed by atoms with Crippen LogP contribution < -0.4 is 0 Å². The summed E-state index contributed by atoms with van der Waals surface area (Å²) in [7, 11) is -1.59. The highest BCUT2D eigenvalue weighted by molar-refractivity contribution is 7.25.